The highest BCUT2D eigenvalue weighted by molar-refractivity contribution is 6.13. The number of H-pyrrole nitrogens is 1. The molecular weight excluding hydrogens is 320 g/mol. The van der Waals surface area contributed by atoms with Crippen molar-refractivity contribution in [3.05, 3.63) is 101 Å². The first-order valence-electron chi connectivity index (χ1n) is 8.60. The van der Waals surface area contributed by atoms with Crippen LogP contribution in [0, 0.1) is 0 Å². The second-order valence-corrected chi connectivity index (χ2v) is 6.33. The Kier molecular flexibility index (Phi) is 3.25. The zero-order valence-electron chi connectivity index (χ0n) is 14.0. The number of nitrogens with zero attached hydrogens (tertiary/aromatic N) is 1. The number of pyridine rings is 1. The van der Waals surface area contributed by atoms with Crippen LogP contribution < -0.4 is 5.56 Å². The average molecular weight is 336 g/mol. The summed E-state index contributed by atoms with van der Waals surface area (Å²) < 4.78 is 2.28. The molecule has 2 aromatic heterocycles. The van der Waals surface area contributed by atoms with Gasteiger partial charge in [0.05, 0.1) is 11.0 Å². The molecule has 1 N–H and O–H groups in total. The minimum atomic E-state index is -0.0955. The summed E-state index contributed by atoms with van der Waals surface area (Å²) in [6.07, 6.45) is 1.70. The van der Waals surface area contributed by atoms with E-state index in [0.717, 1.165) is 27.8 Å². The summed E-state index contributed by atoms with van der Waals surface area (Å²) in [5, 5.41) is 2.39. The van der Waals surface area contributed by atoms with E-state index in [1.807, 2.05) is 24.3 Å². The minimum Gasteiger partial charge on any atom is -0.329 e. The molecule has 0 radical (unpaired) electrons. The Hall–Kier alpha value is -3.59. The Morgan fingerprint density at radius 2 is 1.50 bits per heavy atom. The zero-order chi connectivity index (χ0) is 17.5. The maximum atomic E-state index is 11.9. The first-order valence-corrected chi connectivity index (χ1v) is 8.60. The lowest BCUT2D eigenvalue weighted by atomic mass is 10.0. The fourth-order valence-corrected chi connectivity index (χ4v) is 3.71. The summed E-state index contributed by atoms with van der Waals surface area (Å²) in [6.45, 7) is 0. The SMILES string of the molecule is O=c1cc(-c2cccc3c4ccccc4n(-c4ccccc4)c23)cc[nH]1. The second kappa shape index (κ2) is 5.74. The Labute approximate surface area is 150 Å². The van der Waals surface area contributed by atoms with Gasteiger partial charge in [-0.3, -0.25) is 4.79 Å². The van der Waals surface area contributed by atoms with Crippen molar-refractivity contribution >= 4 is 21.8 Å². The third-order valence-electron chi connectivity index (χ3n) is 4.80. The smallest absolute Gasteiger partial charge is 0.248 e. The number of aromatic amines is 1. The van der Waals surface area contributed by atoms with Gasteiger partial charge in [-0.05, 0) is 29.8 Å². The van der Waals surface area contributed by atoms with Gasteiger partial charge in [0.1, 0.15) is 0 Å². The van der Waals surface area contributed by atoms with Crippen LogP contribution in [0.3, 0.4) is 0 Å². The lowest BCUT2D eigenvalue weighted by molar-refractivity contribution is 1.18. The molecule has 0 saturated heterocycles. The lowest BCUT2D eigenvalue weighted by Gasteiger charge is -2.11. The van der Waals surface area contributed by atoms with E-state index in [1.54, 1.807) is 12.3 Å². The van der Waals surface area contributed by atoms with Gasteiger partial charge in [0.15, 0.2) is 0 Å². The number of hydrogen-bond acceptors (Lipinski definition) is 1. The second-order valence-electron chi connectivity index (χ2n) is 6.33. The molecule has 0 unspecified atom stereocenters. The van der Waals surface area contributed by atoms with Crippen LogP contribution in [0.2, 0.25) is 0 Å². The highest BCUT2D eigenvalue weighted by atomic mass is 16.1. The van der Waals surface area contributed by atoms with Gasteiger partial charge in [-0.2, -0.15) is 0 Å². The number of benzene rings is 3. The molecule has 5 aromatic rings. The van der Waals surface area contributed by atoms with Gasteiger partial charge in [-0.15, -0.1) is 0 Å². The zero-order valence-corrected chi connectivity index (χ0v) is 14.0. The Morgan fingerprint density at radius 1 is 0.731 bits per heavy atom. The number of para-hydroxylation sites is 3. The van der Waals surface area contributed by atoms with Crippen molar-refractivity contribution in [3.8, 4) is 16.8 Å². The van der Waals surface area contributed by atoms with Crippen LogP contribution in [0.15, 0.2) is 95.9 Å². The summed E-state index contributed by atoms with van der Waals surface area (Å²) in [6, 6.07) is 28.6. The van der Waals surface area contributed by atoms with Crippen LogP contribution in [0.5, 0.6) is 0 Å². The van der Waals surface area contributed by atoms with Gasteiger partial charge >= 0.3 is 0 Å². The molecule has 0 atom stereocenters. The minimum absolute atomic E-state index is 0.0955. The predicted molar refractivity (Wildman–Crippen MR) is 107 cm³/mol. The van der Waals surface area contributed by atoms with Gasteiger partial charge in [0.2, 0.25) is 5.56 Å². The van der Waals surface area contributed by atoms with Crippen molar-refractivity contribution in [3.63, 3.8) is 0 Å². The van der Waals surface area contributed by atoms with Gasteiger partial charge in [-0.1, -0.05) is 54.6 Å². The van der Waals surface area contributed by atoms with Gasteiger partial charge < -0.3 is 9.55 Å². The van der Waals surface area contributed by atoms with E-state index in [1.165, 1.54) is 10.8 Å². The van der Waals surface area contributed by atoms with Gasteiger partial charge in [-0.25, -0.2) is 0 Å². The van der Waals surface area contributed by atoms with Crippen LogP contribution >= 0.6 is 0 Å². The standard InChI is InChI=1S/C23H16N2O/c26-22-15-16(13-14-24-22)18-10-6-11-20-19-9-4-5-12-21(19)25(23(18)20)17-7-2-1-3-8-17/h1-15H,(H,24,26). The number of rotatable bonds is 2. The monoisotopic (exact) mass is 336 g/mol. The molecule has 0 saturated carbocycles. The van der Waals surface area contributed by atoms with Crippen LogP contribution in [0.25, 0.3) is 38.6 Å². The fourth-order valence-electron chi connectivity index (χ4n) is 3.71. The maximum Gasteiger partial charge on any atom is 0.248 e. The van der Waals surface area contributed by atoms with Gasteiger partial charge in [0, 0.05) is 34.3 Å². The lowest BCUT2D eigenvalue weighted by Crippen LogP contribution is -2.02. The number of fused-ring (bicyclic) bond motifs is 3. The molecule has 3 heteroatoms. The highest BCUT2D eigenvalue weighted by Crippen LogP contribution is 2.37. The molecule has 2 heterocycles. The maximum absolute atomic E-state index is 11.9. The van der Waals surface area contributed by atoms with Crippen molar-refractivity contribution in [2.45, 2.75) is 0 Å². The molecule has 0 aliphatic rings. The number of nitrogens with one attached hydrogen (secondary N) is 1. The third-order valence-corrected chi connectivity index (χ3v) is 4.80. The summed E-state index contributed by atoms with van der Waals surface area (Å²) in [5.41, 5.74) is 5.25. The van der Waals surface area contributed by atoms with E-state index in [2.05, 4.69) is 64.1 Å². The van der Waals surface area contributed by atoms with Crippen molar-refractivity contribution < 1.29 is 0 Å². The first-order chi connectivity index (χ1) is 12.8. The average Bonchev–Trinajstić information content (AvgIpc) is 3.03. The fraction of sp³-hybridized carbons (Fsp3) is 0. The molecule has 0 spiro atoms. The van der Waals surface area contributed by atoms with Crippen molar-refractivity contribution in [2.24, 2.45) is 0 Å². The van der Waals surface area contributed by atoms with Crippen LogP contribution in [-0.4, -0.2) is 9.55 Å². The number of aromatic nitrogens is 2. The molecule has 3 nitrogen and oxygen atoms in total. The molecular formula is C23H16N2O. The highest BCUT2D eigenvalue weighted by Gasteiger charge is 2.15. The van der Waals surface area contributed by atoms with E-state index in [9.17, 15) is 4.79 Å². The van der Waals surface area contributed by atoms with E-state index < -0.39 is 0 Å². The van der Waals surface area contributed by atoms with Crippen LogP contribution in [-0.2, 0) is 0 Å². The van der Waals surface area contributed by atoms with Crippen molar-refractivity contribution in [1.82, 2.24) is 9.55 Å². The summed E-state index contributed by atoms with van der Waals surface area (Å²) in [4.78, 5) is 14.6. The largest absolute Gasteiger partial charge is 0.329 e. The molecule has 124 valence electrons. The molecule has 26 heavy (non-hydrogen) atoms. The molecule has 0 aliphatic carbocycles. The number of hydrogen-bond donors (Lipinski definition) is 1. The topological polar surface area (TPSA) is 37.8 Å². The molecule has 0 amide bonds. The summed E-state index contributed by atoms with van der Waals surface area (Å²) >= 11 is 0. The molecule has 0 fully saturated rings. The van der Waals surface area contributed by atoms with E-state index in [-0.39, 0.29) is 5.56 Å². The summed E-state index contributed by atoms with van der Waals surface area (Å²) in [5.74, 6) is 0. The van der Waals surface area contributed by atoms with Crippen LogP contribution in [0.1, 0.15) is 0 Å². The molecule has 0 bridgehead atoms. The summed E-state index contributed by atoms with van der Waals surface area (Å²) in [7, 11) is 0. The van der Waals surface area contributed by atoms with E-state index in [4.69, 9.17) is 0 Å². The first kappa shape index (κ1) is 14.7. The molecule has 3 aromatic carbocycles. The Morgan fingerprint density at radius 3 is 2.35 bits per heavy atom. The third kappa shape index (κ3) is 2.18. The van der Waals surface area contributed by atoms with Crippen molar-refractivity contribution in [2.75, 3.05) is 0 Å². The Bertz CT molecular complexity index is 1300. The van der Waals surface area contributed by atoms with Crippen molar-refractivity contribution in [1.29, 1.82) is 0 Å². The van der Waals surface area contributed by atoms with E-state index >= 15 is 0 Å². The van der Waals surface area contributed by atoms with Crippen LogP contribution in [0.4, 0.5) is 0 Å². The molecule has 5 rings (SSSR count). The molecule has 0 aliphatic heterocycles. The predicted octanol–water partition coefficient (Wildman–Crippen LogP) is 5.14. The normalized spacial score (nSPS) is 11.2. The Balaban J connectivity index is 1.99. The quantitative estimate of drug-likeness (QED) is 0.476. The van der Waals surface area contributed by atoms with Gasteiger partial charge in [0.25, 0.3) is 0 Å². The van der Waals surface area contributed by atoms with E-state index in [0.29, 0.717) is 0 Å².